The van der Waals surface area contributed by atoms with E-state index in [2.05, 4.69) is 5.32 Å². The molecule has 110 valence electrons. The summed E-state index contributed by atoms with van der Waals surface area (Å²) in [5, 5.41) is 11.6. The van der Waals surface area contributed by atoms with Crippen LogP contribution in [0.15, 0.2) is 24.3 Å². The van der Waals surface area contributed by atoms with Gasteiger partial charge in [0.2, 0.25) is 5.91 Å². The van der Waals surface area contributed by atoms with E-state index in [1.807, 2.05) is 12.1 Å². The van der Waals surface area contributed by atoms with Gasteiger partial charge in [-0.3, -0.25) is 4.79 Å². The van der Waals surface area contributed by atoms with Gasteiger partial charge in [-0.25, -0.2) is 4.79 Å². The molecular formula is C15H21NO4. The predicted molar refractivity (Wildman–Crippen MR) is 75.9 cm³/mol. The summed E-state index contributed by atoms with van der Waals surface area (Å²) in [4.78, 5) is 23.4. The third-order valence-corrected chi connectivity index (χ3v) is 3.36. The number of methoxy groups -OCH3 is 1. The van der Waals surface area contributed by atoms with Gasteiger partial charge < -0.3 is 15.2 Å². The van der Waals surface area contributed by atoms with E-state index in [4.69, 9.17) is 9.84 Å². The fraction of sp³-hybridized carbons (Fsp3) is 0.467. The van der Waals surface area contributed by atoms with Crippen molar-refractivity contribution in [2.45, 2.75) is 38.6 Å². The third kappa shape index (κ3) is 3.29. The number of hydrogen-bond donors (Lipinski definition) is 2. The highest BCUT2D eigenvalue weighted by Gasteiger charge is 2.34. The van der Waals surface area contributed by atoms with Crippen molar-refractivity contribution in [3.05, 3.63) is 29.8 Å². The van der Waals surface area contributed by atoms with Crippen molar-refractivity contribution < 1.29 is 19.4 Å². The Morgan fingerprint density at radius 3 is 2.45 bits per heavy atom. The molecule has 0 aliphatic rings. The summed E-state index contributed by atoms with van der Waals surface area (Å²) in [5.74, 6) is -0.760. The Balaban J connectivity index is 3.03. The number of carboxylic acids is 1. The zero-order valence-electron chi connectivity index (χ0n) is 12.3. The molecule has 5 heteroatoms. The lowest BCUT2D eigenvalue weighted by Crippen LogP contribution is -2.48. The number of ether oxygens (including phenoxy) is 1. The first-order chi connectivity index (χ1) is 9.34. The lowest BCUT2D eigenvalue weighted by molar-refractivity contribution is -0.142. The van der Waals surface area contributed by atoms with E-state index in [0.717, 1.165) is 5.56 Å². The molecule has 0 saturated carbocycles. The number of para-hydroxylation sites is 1. The summed E-state index contributed by atoms with van der Waals surface area (Å²) >= 11 is 0. The Bertz CT molecular complexity index is 496. The molecule has 0 aliphatic carbocycles. The van der Waals surface area contributed by atoms with Gasteiger partial charge >= 0.3 is 5.97 Å². The van der Waals surface area contributed by atoms with Crippen molar-refractivity contribution in [2.75, 3.05) is 7.11 Å². The van der Waals surface area contributed by atoms with E-state index < -0.39 is 17.4 Å². The minimum absolute atomic E-state index is 0.336. The third-order valence-electron chi connectivity index (χ3n) is 3.36. The van der Waals surface area contributed by atoms with Gasteiger partial charge in [0.1, 0.15) is 11.8 Å². The summed E-state index contributed by atoms with van der Waals surface area (Å²) < 4.78 is 5.26. The molecule has 5 nitrogen and oxygen atoms in total. The van der Waals surface area contributed by atoms with Crippen LogP contribution in [-0.2, 0) is 15.0 Å². The molecule has 20 heavy (non-hydrogen) atoms. The lowest BCUT2D eigenvalue weighted by atomic mass is 9.82. The van der Waals surface area contributed by atoms with Gasteiger partial charge in [-0.15, -0.1) is 0 Å². The number of amides is 1. The van der Waals surface area contributed by atoms with Crippen LogP contribution in [0.25, 0.3) is 0 Å². The average molecular weight is 279 g/mol. The Morgan fingerprint density at radius 1 is 1.35 bits per heavy atom. The number of rotatable bonds is 6. The summed E-state index contributed by atoms with van der Waals surface area (Å²) in [5.41, 5.74) is -0.157. The molecule has 0 aliphatic heterocycles. The maximum atomic E-state index is 12.4. The second-order valence-electron chi connectivity index (χ2n) is 5.10. The van der Waals surface area contributed by atoms with Crippen LogP contribution in [0.5, 0.6) is 5.75 Å². The molecule has 0 aromatic heterocycles. The quantitative estimate of drug-likeness (QED) is 0.834. The van der Waals surface area contributed by atoms with Gasteiger partial charge in [-0.2, -0.15) is 0 Å². The van der Waals surface area contributed by atoms with Crippen LogP contribution < -0.4 is 10.1 Å². The van der Waals surface area contributed by atoms with Crippen molar-refractivity contribution in [3.63, 3.8) is 0 Å². The van der Waals surface area contributed by atoms with Crippen molar-refractivity contribution in [3.8, 4) is 5.75 Å². The molecule has 2 N–H and O–H groups in total. The maximum absolute atomic E-state index is 12.4. The van der Waals surface area contributed by atoms with Gasteiger partial charge in [0.05, 0.1) is 12.5 Å². The van der Waals surface area contributed by atoms with Crippen LogP contribution in [0.2, 0.25) is 0 Å². The lowest BCUT2D eigenvalue weighted by Gasteiger charge is -2.27. The predicted octanol–water partition coefficient (Wildman–Crippen LogP) is 1.95. The van der Waals surface area contributed by atoms with E-state index in [9.17, 15) is 9.59 Å². The minimum Gasteiger partial charge on any atom is -0.496 e. The molecule has 1 aromatic rings. The van der Waals surface area contributed by atoms with E-state index in [0.29, 0.717) is 12.2 Å². The van der Waals surface area contributed by atoms with Crippen LogP contribution in [0.1, 0.15) is 32.8 Å². The topological polar surface area (TPSA) is 75.6 Å². The molecule has 0 heterocycles. The summed E-state index contributed by atoms with van der Waals surface area (Å²) in [6, 6.07) is 6.35. The molecular weight excluding hydrogens is 258 g/mol. The first-order valence-electron chi connectivity index (χ1n) is 6.51. The van der Waals surface area contributed by atoms with Gasteiger partial charge in [0, 0.05) is 5.56 Å². The van der Waals surface area contributed by atoms with Crippen molar-refractivity contribution >= 4 is 11.9 Å². The van der Waals surface area contributed by atoms with Gasteiger partial charge in [-0.1, -0.05) is 25.1 Å². The van der Waals surface area contributed by atoms with E-state index in [1.165, 1.54) is 0 Å². The van der Waals surface area contributed by atoms with E-state index in [1.54, 1.807) is 40.0 Å². The van der Waals surface area contributed by atoms with E-state index >= 15 is 0 Å². The van der Waals surface area contributed by atoms with Gasteiger partial charge in [0.25, 0.3) is 0 Å². The van der Waals surface area contributed by atoms with Crippen LogP contribution >= 0.6 is 0 Å². The molecule has 0 saturated heterocycles. The van der Waals surface area contributed by atoms with Gasteiger partial charge in [0.15, 0.2) is 0 Å². The second kappa shape index (κ2) is 6.41. The first kappa shape index (κ1) is 16.0. The van der Waals surface area contributed by atoms with Crippen LogP contribution in [0, 0.1) is 0 Å². The number of carbonyl (C=O) groups is 2. The number of aliphatic carboxylic acids is 1. The summed E-state index contributed by atoms with van der Waals surface area (Å²) in [6.45, 7) is 5.21. The Kier molecular flexibility index (Phi) is 5.13. The Morgan fingerprint density at radius 2 is 1.95 bits per heavy atom. The number of carboxylic acid groups (broad SMARTS) is 1. The molecule has 1 aromatic carbocycles. The van der Waals surface area contributed by atoms with Crippen molar-refractivity contribution in [1.29, 1.82) is 0 Å². The molecule has 0 spiro atoms. The zero-order valence-corrected chi connectivity index (χ0v) is 12.3. The van der Waals surface area contributed by atoms with E-state index in [-0.39, 0.29) is 5.91 Å². The highest BCUT2D eigenvalue weighted by molar-refractivity contribution is 5.91. The summed E-state index contributed by atoms with van der Waals surface area (Å²) in [6.07, 6.45) is 0.336. The molecule has 0 bridgehead atoms. The highest BCUT2D eigenvalue weighted by atomic mass is 16.5. The average Bonchev–Trinajstić information content (AvgIpc) is 2.43. The zero-order chi connectivity index (χ0) is 15.3. The molecule has 0 radical (unpaired) electrons. The second-order valence-corrected chi connectivity index (χ2v) is 5.10. The minimum atomic E-state index is -1.03. The fourth-order valence-corrected chi connectivity index (χ4v) is 1.96. The monoisotopic (exact) mass is 279 g/mol. The van der Waals surface area contributed by atoms with Gasteiger partial charge in [-0.05, 0) is 26.3 Å². The maximum Gasteiger partial charge on any atom is 0.326 e. The largest absolute Gasteiger partial charge is 0.496 e. The first-order valence-corrected chi connectivity index (χ1v) is 6.51. The molecule has 1 amide bonds. The fourth-order valence-electron chi connectivity index (χ4n) is 1.96. The summed E-state index contributed by atoms with van der Waals surface area (Å²) in [7, 11) is 1.54. The molecule has 0 fully saturated rings. The number of benzene rings is 1. The smallest absolute Gasteiger partial charge is 0.326 e. The molecule has 1 rings (SSSR count). The normalized spacial score (nSPS) is 12.6. The highest BCUT2D eigenvalue weighted by Crippen LogP contribution is 2.31. The molecule has 1 unspecified atom stereocenters. The SMILES string of the molecule is CCC(NC(=O)C(C)(C)c1ccccc1OC)C(=O)O. The number of nitrogens with one attached hydrogen (secondary N) is 1. The Labute approximate surface area is 118 Å². The van der Waals surface area contributed by atoms with Crippen LogP contribution in [-0.4, -0.2) is 30.1 Å². The standard InChI is InChI=1S/C15H21NO4/c1-5-11(13(17)18)16-14(19)15(2,3)10-8-6-7-9-12(10)20-4/h6-9,11H,5H2,1-4H3,(H,16,19)(H,17,18). The Hall–Kier alpha value is -2.04. The van der Waals surface area contributed by atoms with Crippen LogP contribution in [0.3, 0.4) is 0 Å². The molecule has 1 atom stereocenters. The van der Waals surface area contributed by atoms with Crippen LogP contribution in [0.4, 0.5) is 0 Å². The van der Waals surface area contributed by atoms with Crippen molar-refractivity contribution in [1.82, 2.24) is 5.32 Å². The number of carbonyl (C=O) groups excluding carboxylic acids is 1. The van der Waals surface area contributed by atoms with Crippen molar-refractivity contribution in [2.24, 2.45) is 0 Å². The number of hydrogen-bond acceptors (Lipinski definition) is 3.